The molecule has 0 aromatic heterocycles. The highest BCUT2D eigenvalue weighted by molar-refractivity contribution is 7.90. The van der Waals surface area contributed by atoms with Crippen molar-refractivity contribution in [2.75, 3.05) is 6.54 Å². The molecule has 0 spiro atoms. The molecule has 0 bridgehead atoms. The zero-order valence-corrected chi connectivity index (χ0v) is 32.0. The van der Waals surface area contributed by atoms with Crippen molar-refractivity contribution < 1.29 is 49.9 Å². The lowest BCUT2D eigenvalue weighted by molar-refractivity contribution is -0.144. The number of ether oxygens (including phenoxy) is 1. The van der Waals surface area contributed by atoms with Gasteiger partial charge in [-0.1, -0.05) is 63.9 Å². The van der Waals surface area contributed by atoms with E-state index >= 15 is 0 Å². The number of halogens is 5. The molecule has 10 nitrogen and oxygen atoms in total. The molecule has 2 aliphatic carbocycles. The van der Waals surface area contributed by atoms with Gasteiger partial charge in [-0.05, 0) is 71.9 Å². The number of fused-ring (bicyclic) bond motifs is 1. The standard InChI is InChI=1S/C38H44ClF4N3O7S/c1-5-23-16-37(23,34(49)44-54(51,52)25-10-11-25)17-32(47)31-15-24(53-35(50)45-18-22-7-6-8-29(39)26(22)20-45)19-46(31)33(48)28(36(2,3)4)14-21-9-12-30(40)27(13-21)38(41,42)43/h6-9,12-13,23-25,28,31H,5,10-11,14-20H2,1-4H3,(H,44,49)/t23-,24-,28-,31+,37?/m1/s1. The maximum absolute atomic E-state index is 14.6. The minimum atomic E-state index is -4.97. The van der Waals surface area contributed by atoms with Gasteiger partial charge in [-0.2, -0.15) is 13.2 Å². The molecule has 2 heterocycles. The van der Waals surface area contributed by atoms with Gasteiger partial charge in [0, 0.05) is 30.3 Å². The maximum Gasteiger partial charge on any atom is 0.419 e. The van der Waals surface area contributed by atoms with Crippen molar-refractivity contribution in [1.29, 1.82) is 0 Å². The third-order valence-electron chi connectivity index (χ3n) is 11.4. The number of carbonyl (C=O) groups excluding carboxylic acids is 4. The van der Waals surface area contributed by atoms with Crippen molar-refractivity contribution in [2.45, 2.75) is 109 Å². The van der Waals surface area contributed by atoms with E-state index in [-0.39, 0.29) is 56.8 Å². The van der Waals surface area contributed by atoms with Crippen molar-refractivity contribution in [3.63, 3.8) is 0 Å². The molecule has 2 saturated carbocycles. The molecule has 3 fully saturated rings. The van der Waals surface area contributed by atoms with Gasteiger partial charge < -0.3 is 9.64 Å². The Morgan fingerprint density at radius 2 is 1.78 bits per heavy atom. The minimum Gasteiger partial charge on any atom is -0.444 e. The van der Waals surface area contributed by atoms with Gasteiger partial charge in [0.05, 0.1) is 35.4 Å². The van der Waals surface area contributed by atoms with E-state index in [1.54, 1.807) is 32.9 Å². The van der Waals surface area contributed by atoms with Gasteiger partial charge in [0.1, 0.15) is 11.9 Å². The summed E-state index contributed by atoms with van der Waals surface area (Å²) in [4.78, 5) is 58.6. The molecule has 1 unspecified atom stereocenters. The summed E-state index contributed by atoms with van der Waals surface area (Å²) in [5.41, 5.74) is -1.95. The second-order valence-corrected chi connectivity index (χ2v) is 18.6. The second kappa shape index (κ2) is 14.4. The van der Waals surface area contributed by atoms with E-state index in [9.17, 15) is 45.2 Å². The zero-order valence-electron chi connectivity index (χ0n) is 30.5. The van der Waals surface area contributed by atoms with E-state index in [1.165, 1.54) is 15.9 Å². The lowest BCUT2D eigenvalue weighted by Gasteiger charge is -2.35. The number of hydrogen-bond acceptors (Lipinski definition) is 7. The van der Waals surface area contributed by atoms with Gasteiger partial charge >= 0.3 is 12.3 Å². The molecule has 4 aliphatic rings. The lowest BCUT2D eigenvalue weighted by atomic mass is 9.76. The number of nitrogens with zero attached hydrogens (tertiary/aromatic N) is 2. The highest BCUT2D eigenvalue weighted by Gasteiger charge is 2.62. The molecule has 5 atom stereocenters. The third-order valence-corrected chi connectivity index (χ3v) is 13.5. The van der Waals surface area contributed by atoms with Crippen LogP contribution >= 0.6 is 11.6 Å². The number of benzene rings is 2. The van der Waals surface area contributed by atoms with Crippen LogP contribution in [0.5, 0.6) is 0 Å². The first-order valence-electron chi connectivity index (χ1n) is 18.1. The Labute approximate surface area is 317 Å². The van der Waals surface area contributed by atoms with Gasteiger partial charge in [-0.25, -0.2) is 17.6 Å². The summed E-state index contributed by atoms with van der Waals surface area (Å²) < 4.78 is 88.5. The number of nitrogens with one attached hydrogen (secondary N) is 1. The van der Waals surface area contributed by atoms with Crippen molar-refractivity contribution >= 4 is 45.3 Å². The maximum atomic E-state index is 14.6. The van der Waals surface area contributed by atoms with Gasteiger partial charge in [0.2, 0.25) is 21.8 Å². The number of alkyl halides is 3. The van der Waals surface area contributed by atoms with Crippen LogP contribution in [0, 0.1) is 28.5 Å². The molecular weight excluding hydrogens is 754 g/mol. The average molecular weight is 798 g/mol. The first-order chi connectivity index (χ1) is 25.1. The fourth-order valence-electron chi connectivity index (χ4n) is 7.89. The van der Waals surface area contributed by atoms with E-state index in [1.807, 2.05) is 13.0 Å². The van der Waals surface area contributed by atoms with Crippen molar-refractivity contribution in [3.8, 4) is 0 Å². The van der Waals surface area contributed by atoms with E-state index in [0.29, 0.717) is 36.4 Å². The van der Waals surface area contributed by atoms with Crippen LogP contribution in [0.2, 0.25) is 5.02 Å². The Morgan fingerprint density at radius 1 is 1.07 bits per heavy atom. The number of amides is 3. The van der Waals surface area contributed by atoms with Crippen molar-refractivity contribution in [2.24, 2.45) is 22.7 Å². The number of ketones is 1. The first-order valence-corrected chi connectivity index (χ1v) is 20.0. The summed E-state index contributed by atoms with van der Waals surface area (Å²) in [5, 5.41) is -0.162. The smallest absolute Gasteiger partial charge is 0.419 e. The summed E-state index contributed by atoms with van der Waals surface area (Å²) >= 11 is 6.34. The summed E-state index contributed by atoms with van der Waals surface area (Å²) in [6.45, 7) is 7.21. The lowest BCUT2D eigenvalue weighted by Crippen LogP contribution is -2.48. The molecule has 6 rings (SSSR count). The van der Waals surface area contributed by atoms with Crippen molar-refractivity contribution in [3.05, 3.63) is 69.5 Å². The molecule has 16 heteroatoms. The van der Waals surface area contributed by atoms with Crippen molar-refractivity contribution in [1.82, 2.24) is 14.5 Å². The van der Waals surface area contributed by atoms with E-state index < -0.39 is 85.4 Å². The number of rotatable bonds is 11. The number of likely N-dealkylation sites (tertiary alicyclic amines) is 1. The van der Waals surface area contributed by atoms with Crippen LogP contribution < -0.4 is 4.72 Å². The first kappa shape index (κ1) is 40.0. The molecule has 2 aliphatic heterocycles. The predicted octanol–water partition coefficient (Wildman–Crippen LogP) is 6.81. The molecule has 2 aromatic carbocycles. The monoisotopic (exact) mass is 797 g/mol. The molecule has 54 heavy (non-hydrogen) atoms. The molecule has 1 saturated heterocycles. The van der Waals surface area contributed by atoms with Crippen LogP contribution in [-0.4, -0.2) is 65.8 Å². The van der Waals surface area contributed by atoms with Crippen LogP contribution in [0.15, 0.2) is 36.4 Å². The van der Waals surface area contributed by atoms with E-state index in [4.69, 9.17) is 16.3 Å². The Hall–Kier alpha value is -3.72. The van der Waals surface area contributed by atoms with Crippen LogP contribution in [-0.2, 0) is 54.8 Å². The molecule has 0 radical (unpaired) electrons. The Bertz CT molecular complexity index is 1970. The number of carbonyl (C=O) groups is 4. The average Bonchev–Trinajstić information content (AvgIpc) is 3.97. The molecular formula is C38H44ClF4N3O7S. The van der Waals surface area contributed by atoms with Crippen LogP contribution in [0.25, 0.3) is 0 Å². The number of hydrogen-bond donors (Lipinski definition) is 1. The van der Waals surface area contributed by atoms with Crippen LogP contribution in [0.3, 0.4) is 0 Å². The third kappa shape index (κ3) is 8.12. The summed E-state index contributed by atoms with van der Waals surface area (Å²) in [6, 6.07) is 6.70. The fraction of sp³-hybridized carbons (Fsp3) is 0.579. The van der Waals surface area contributed by atoms with Crippen LogP contribution in [0.1, 0.15) is 88.5 Å². The second-order valence-electron chi connectivity index (χ2n) is 16.2. The van der Waals surface area contributed by atoms with E-state index in [2.05, 4.69) is 4.72 Å². The predicted molar refractivity (Wildman–Crippen MR) is 190 cm³/mol. The molecule has 1 N–H and O–H groups in total. The highest BCUT2D eigenvalue weighted by atomic mass is 35.5. The Balaban J connectivity index is 1.27. The van der Waals surface area contributed by atoms with E-state index in [0.717, 1.165) is 11.1 Å². The fourth-order valence-corrected chi connectivity index (χ4v) is 9.53. The van der Waals surface area contributed by atoms with Gasteiger partial charge in [-0.3, -0.25) is 24.0 Å². The number of Topliss-reactive ketones (excluding diaryl/α,β-unsaturated/α-hetero) is 1. The highest BCUT2D eigenvalue weighted by Crippen LogP contribution is 2.58. The SMILES string of the molecule is CC[C@@H]1CC1(CC(=O)[C@@H]1C[C@@H](OC(=O)N2Cc3cccc(Cl)c3C2)CN1C(=O)[C@@H](Cc1ccc(F)c(C(F)(F)F)c1)C(C)(C)C)C(=O)NS(=O)(=O)C1CC1. The molecule has 2 aromatic rings. The summed E-state index contributed by atoms with van der Waals surface area (Å²) in [6.07, 6.45) is -5.66. The van der Waals surface area contributed by atoms with Gasteiger partial charge in [0.15, 0.2) is 5.78 Å². The van der Waals surface area contributed by atoms with Crippen LogP contribution in [0.4, 0.5) is 22.4 Å². The largest absolute Gasteiger partial charge is 0.444 e. The topological polar surface area (TPSA) is 130 Å². The minimum absolute atomic E-state index is 0.0607. The quantitative estimate of drug-likeness (QED) is 0.248. The Morgan fingerprint density at radius 3 is 2.37 bits per heavy atom. The summed E-state index contributed by atoms with van der Waals surface area (Å²) in [7, 11) is -3.91. The number of sulfonamides is 1. The summed E-state index contributed by atoms with van der Waals surface area (Å²) in [5.74, 6) is -4.60. The molecule has 294 valence electrons. The van der Waals surface area contributed by atoms with Gasteiger partial charge in [-0.15, -0.1) is 0 Å². The Kier molecular flexibility index (Phi) is 10.7. The normalized spacial score (nSPS) is 24.6. The zero-order chi connectivity index (χ0) is 39.5. The van der Waals surface area contributed by atoms with Gasteiger partial charge in [0.25, 0.3) is 0 Å². The molecule has 3 amide bonds.